The minimum absolute atomic E-state index is 0.480. The van der Waals surface area contributed by atoms with Gasteiger partial charge < -0.3 is 14.9 Å². The van der Waals surface area contributed by atoms with E-state index in [1.165, 1.54) is 6.20 Å². The van der Waals surface area contributed by atoms with Gasteiger partial charge in [-0.15, -0.1) is 0 Å². The van der Waals surface area contributed by atoms with Crippen LogP contribution in [-0.4, -0.2) is 45.3 Å². The molecule has 1 saturated heterocycles. The van der Waals surface area contributed by atoms with Crippen LogP contribution in [0, 0.1) is 5.92 Å². The highest BCUT2D eigenvalue weighted by Gasteiger charge is 2.44. The summed E-state index contributed by atoms with van der Waals surface area (Å²) < 4.78 is 19.1. The molecule has 0 aromatic carbocycles. The average Bonchev–Trinajstić information content (AvgIpc) is 2.65. The van der Waals surface area contributed by atoms with Crippen molar-refractivity contribution in [3.8, 4) is 0 Å². The molecule has 1 aliphatic heterocycles. The quantitative estimate of drug-likeness (QED) is 0.605. The number of halogens is 1. The second kappa shape index (κ2) is 5.01. The number of hydrogen-bond donors (Lipinski definition) is 3. The van der Waals surface area contributed by atoms with E-state index >= 15 is 0 Å². The molecular weight excluding hydrogens is 247 g/mol. The summed E-state index contributed by atoms with van der Waals surface area (Å²) in [4.78, 5) is 24.5. The van der Waals surface area contributed by atoms with Crippen molar-refractivity contribution in [3.05, 3.63) is 33.1 Å². The first kappa shape index (κ1) is 12.9. The smallest absolute Gasteiger partial charge is 0.330 e. The Bertz CT molecular complexity index is 527. The molecule has 1 fully saturated rings. The van der Waals surface area contributed by atoms with Crippen molar-refractivity contribution in [3.63, 3.8) is 0 Å². The lowest BCUT2D eigenvalue weighted by atomic mass is 10.0. The molecule has 0 radical (unpaired) electrons. The van der Waals surface area contributed by atoms with Gasteiger partial charge in [0.05, 0.1) is 25.3 Å². The molecule has 4 atom stereocenters. The molecule has 2 rings (SSSR count). The van der Waals surface area contributed by atoms with Crippen LogP contribution in [0.15, 0.2) is 21.9 Å². The number of alkyl halides is 1. The Morgan fingerprint density at radius 1 is 1.50 bits per heavy atom. The number of rotatable bonds is 3. The van der Waals surface area contributed by atoms with E-state index in [-0.39, 0.29) is 0 Å². The molecule has 1 aromatic rings. The van der Waals surface area contributed by atoms with Crippen LogP contribution < -0.4 is 11.2 Å². The molecule has 1 aromatic heterocycles. The number of nitrogens with one attached hydrogen (secondary N) is 1. The van der Waals surface area contributed by atoms with Gasteiger partial charge in [-0.05, 0) is 0 Å². The Kier molecular flexibility index (Phi) is 3.60. The molecule has 0 saturated carbocycles. The molecule has 8 heteroatoms. The van der Waals surface area contributed by atoms with Crippen molar-refractivity contribution in [1.29, 1.82) is 0 Å². The Morgan fingerprint density at radius 3 is 2.78 bits per heavy atom. The van der Waals surface area contributed by atoms with Gasteiger partial charge in [-0.3, -0.25) is 18.7 Å². The van der Waals surface area contributed by atoms with Gasteiger partial charge in [0.1, 0.15) is 12.3 Å². The monoisotopic (exact) mass is 260 g/mol. The van der Waals surface area contributed by atoms with Gasteiger partial charge in [-0.2, -0.15) is 0 Å². The first-order valence-corrected chi connectivity index (χ1v) is 5.40. The van der Waals surface area contributed by atoms with Crippen molar-refractivity contribution in [2.75, 3.05) is 13.3 Å². The number of aromatic amines is 1. The van der Waals surface area contributed by atoms with Crippen molar-refractivity contribution < 1.29 is 19.3 Å². The summed E-state index contributed by atoms with van der Waals surface area (Å²) in [7, 11) is 0. The van der Waals surface area contributed by atoms with Gasteiger partial charge in [0.15, 0.2) is 0 Å². The van der Waals surface area contributed by atoms with Gasteiger partial charge in [0.2, 0.25) is 0 Å². The zero-order valence-electron chi connectivity index (χ0n) is 9.32. The number of hydrogen-bond acceptors (Lipinski definition) is 5. The zero-order valence-corrected chi connectivity index (χ0v) is 9.32. The molecule has 0 aliphatic carbocycles. The van der Waals surface area contributed by atoms with Crippen molar-refractivity contribution >= 4 is 0 Å². The van der Waals surface area contributed by atoms with E-state index in [2.05, 4.69) is 0 Å². The highest BCUT2D eigenvalue weighted by molar-refractivity contribution is 4.92. The fraction of sp³-hybridized carbons (Fsp3) is 0.600. The molecule has 0 spiro atoms. The van der Waals surface area contributed by atoms with E-state index in [1.807, 2.05) is 4.98 Å². The molecule has 0 amide bonds. The summed E-state index contributed by atoms with van der Waals surface area (Å²) in [5, 5.41) is 18.7. The van der Waals surface area contributed by atoms with Crippen LogP contribution in [0.5, 0.6) is 0 Å². The third-order valence-corrected chi connectivity index (χ3v) is 2.98. The zero-order chi connectivity index (χ0) is 13.3. The van der Waals surface area contributed by atoms with Crippen LogP contribution in [0.4, 0.5) is 4.39 Å². The Balaban J connectivity index is 2.38. The number of aromatic nitrogens is 2. The van der Waals surface area contributed by atoms with Crippen LogP contribution in [0.1, 0.15) is 6.23 Å². The number of nitrogens with zero attached hydrogens (tertiary/aromatic N) is 1. The van der Waals surface area contributed by atoms with Crippen molar-refractivity contribution in [2.45, 2.75) is 18.4 Å². The normalized spacial score (nSPS) is 31.7. The highest BCUT2D eigenvalue weighted by Crippen LogP contribution is 2.33. The van der Waals surface area contributed by atoms with Crippen molar-refractivity contribution in [2.24, 2.45) is 5.92 Å². The summed E-state index contributed by atoms with van der Waals surface area (Å²) in [6.45, 7) is -1.39. The Morgan fingerprint density at radius 2 is 2.22 bits per heavy atom. The molecular formula is C10H13FN2O5. The summed E-state index contributed by atoms with van der Waals surface area (Å²) in [6.07, 6.45) is -2.04. The second-order valence-electron chi connectivity index (χ2n) is 4.07. The molecule has 1 aliphatic rings. The molecule has 100 valence electrons. The highest BCUT2D eigenvalue weighted by atomic mass is 19.1. The van der Waals surface area contributed by atoms with Crippen LogP contribution in [-0.2, 0) is 4.74 Å². The minimum Gasteiger partial charge on any atom is -0.394 e. The first-order chi connectivity index (χ1) is 8.58. The van der Waals surface area contributed by atoms with Gasteiger partial charge >= 0.3 is 5.69 Å². The molecule has 0 bridgehead atoms. The number of H-pyrrole nitrogens is 1. The summed E-state index contributed by atoms with van der Waals surface area (Å²) >= 11 is 0. The van der Waals surface area contributed by atoms with Crippen molar-refractivity contribution in [1.82, 2.24) is 9.55 Å². The average molecular weight is 260 g/mol. The maximum atomic E-state index is 12.9. The lowest BCUT2D eigenvalue weighted by molar-refractivity contribution is -0.0486. The molecule has 2 heterocycles. The summed E-state index contributed by atoms with van der Waals surface area (Å²) in [5.74, 6) is -0.967. The van der Waals surface area contributed by atoms with Crippen LogP contribution >= 0.6 is 0 Å². The minimum atomic E-state index is -1.20. The van der Waals surface area contributed by atoms with Crippen LogP contribution in [0.2, 0.25) is 0 Å². The molecule has 7 nitrogen and oxygen atoms in total. The standard InChI is InChI=1S/C10H13FN2O5/c11-3-5-8(16)6(4-14)18-9(5)13-2-1-7(15)12-10(13)17/h1-2,5-6,8-9,14,16H,3-4H2,(H,12,15,17)/t5-,6+,8-,9+/m0/s1. The second-order valence-corrected chi connectivity index (χ2v) is 4.07. The van der Waals surface area contributed by atoms with Crippen LogP contribution in [0.25, 0.3) is 0 Å². The van der Waals surface area contributed by atoms with E-state index in [0.29, 0.717) is 0 Å². The first-order valence-electron chi connectivity index (χ1n) is 5.40. The van der Waals surface area contributed by atoms with E-state index < -0.39 is 48.9 Å². The third kappa shape index (κ3) is 2.09. The van der Waals surface area contributed by atoms with E-state index in [4.69, 9.17) is 9.84 Å². The van der Waals surface area contributed by atoms with E-state index in [1.54, 1.807) is 0 Å². The fourth-order valence-corrected chi connectivity index (χ4v) is 2.02. The SMILES string of the molecule is O=c1ccn([C@@H]2O[C@H](CO)[C@@H](O)[C@@H]2CF)c(=O)[nH]1. The van der Waals surface area contributed by atoms with Gasteiger partial charge in [-0.25, -0.2) is 4.79 Å². The predicted octanol–water partition coefficient (Wildman–Crippen LogP) is -1.63. The maximum absolute atomic E-state index is 12.9. The fourth-order valence-electron chi connectivity index (χ4n) is 2.02. The van der Waals surface area contributed by atoms with Gasteiger partial charge in [0, 0.05) is 12.3 Å². The molecule has 18 heavy (non-hydrogen) atoms. The number of aliphatic hydroxyl groups is 2. The largest absolute Gasteiger partial charge is 0.394 e. The third-order valence-electron chi connectivity index (χ3n) is 2.98. The Hall–Kier alpha value is -1.51. The van der Waals surface area contributed by atoms with E-state index in [0.717, 1.165) is 10.6 Å². The van der Waals surface area contributed by atoms with Crippen LogP contribution in [0.3, 0.4) is 0 Å². The Labute approximate surface area is 100 Å². The number of ether oxygens (including phenoxy) is 1. The lowest BCUT2D eigenvalue weighted by Gasteiger charge is -2.18. The summed E-state index contributed by atoms with van der Waals surface area (Å²) in [5.41, 5.74) is -1.33. The lowest BCUT2D eigenvalue weighted by Crippen LogP contribution is -2.35. The molecule has 3 N–H and O–H groups in total. The maximum Gasteiger partial charge on any atom is 0.330 e. The molecule has 0 unspecified atom stereocenters. The predicted molar refractivity (Wildman–Crippen MR) is 57.8 cm³/mol. The summed E-state index contributed by atoms with van der Waals surface area (Å²) in [6, 6.07) is 1.10. The van der Waals surface area contributed by atoms with Gasteiger partial charge in [0.25, 0.3) is 5.56 Å². The number of aliphatic hydroxyl groups excluding tert-OH is 2. The topological polar surface area (TPSA) is 105 Å². The van der Waals surface area contributed by atoms with Gasteiger partial charge in [-0.1, -0.05) is 0 Å². The van der Waals surface area contributed by atoms with E-state index in [9.17, 15) is 19.1 Å².